The number of rotatable bonds is 7. The summed E-state index contributed by atoms with van der Waals surface area (Å²) in [6.07, 6.45) is 0.846. The molecule has 5 nitrogen and oxygen atoms in total. The third kappa shape index (κ3) is 3.70. The summed E-state index contributed by atoms with van der Waals surface area (Å²) in [5, 5.41) is 1.90. The van der Waals surface area contributed by atoms with Gasteiger partial charge in [0.1, 0.15) is 11.1 Å². The average Bonchev–Trinajstić information content (AvgIpc) is 2.50. The molecular weight excluding hydrogens is 282 g/mol. The number of ether oxygens (including phenoxy) is 3. The van der Waals surface area contributed by atoms with Gasteiger partial charge in [-0.05, 0) is 12.5 Å². The maximum Gasteiger partial charge on any atom is 0.242 e. The van der Waals surface area contributed by atoms with Gasteiger partial charge in [0.05, 0.1) is 21.3 Å². The zero-order valence-electron chi connectivity index (χ0n) is 12.2. The molecule has 0 radical (unpaired) electrons. The van der Waals surface area contributed by atoms with Crippen LogP contribution in [0.1, 0.15) is 24.3 Å². The van der Waals surface area contributed by atoms with Crippen molar-refractivity contribution in [3.8, 4) is 17.2 Å². The molecule has 0 saturated heterocycles. The van der Waals surface area contributed by atoms with E-state index < -0.39 is 5.38 Å². The van der Waals surface area contributed by atoms with E-state index in [1.165, 1.54) is 21.3 Å². The van der Waals surface area contributed by atoms with Crippen LogP contribution in [-0.4, -0.2) is 33.8 Å². The van der Waals surface area contributed by atoms with Crippen LogP contribution in [0.3, 0.4) is 0 Å². The van der Waals surface area contributed by atoms with Crippen molar-refractivity contribution in [3.63, 3.8) is 0 Å². The molecule has 0 heterocycles. The molecule has 0 aromatic heterocycles. The summed E-state index contributed by atoms with van der Waals surface area (Å²) in [6.45, 7) is 2.55. The number of alkyl halides is 1. The molecule has 1 aromatic carbocycles. The van der Waals surface area contributed by atoms with Crippen LogP contribution in [0, 0.1) is 0 Å². The molecule has 0 bridgehead atoms. The summed E-state index contributed by atoms with van der Waals surface area (Å²) in [5.74, 6) is 1.23. The summed E-state index contributed by atoms with van der Waals surface area (Å²) in [5.41, 5.74) is 0.542. The molecule has 0 fully saturated rings. The number of methoxy groups -OCH3 is 3. The predicted molar refractivity (Wildman–Crippen MR) is 78.0 cm³/mol. The van der Waals surface area contributed by atoms with Gasteiger partial charge in [-0.1, -0.05) is 6.92 Å². The molecule has 0 spiro atoms. The first-order valence-electron chi connectivity index (χ1n) is 6.30. The zero-order chi connectivity index (χ0) is 15.1. The summed E-state index contributed by atoms with van der Waals surface area (Å²) in [7, 11) is 4.57. The number of carbonyl (C=O) groups excluding carboxylic acids is 1. The van der Waals surface area contributed by atoms with Crippen LogP contribution in [0.2, 0.25) is 0 Å². The lowest BCUT2D eigenvalue weighted by Gasteiger charge is -2.17. The molecule has 112 valence electrons. The summed E-state index contributed by atoms with van der Waals surface area (Å²) < 4.78 is 15.7. The highest BCUT2D eigenvalue weighted by molar-refractivity contribution is 6.31. The van der Waals surface area contributed by atoms with E-state index in [4.69, 9.17) is 25.8 Å². The number of amides is 1. The van der Waals surface area contributed by atoms with Crippen molar-refractivity contribution in [2.24, 2.45) is 0 Å². The van der Waals surface area contributed by atoms with Crippen LogP contribution < -0.4 is 19.5 Å². The summed E-state index contributed by atoms with van der Waals surface area (Å²) in [6, 6.07) is 3.30. The second kappa shape index (κ2) is 7.85. The van der Waals surface area contributed by atoms with Crippen LogP contribution in [0.15, 0.2) is 12.1 Å². The van der Waals surface area contributed by atoms with Gasteiger partial charge in [-0.2, -0.15) is 0 Å². The van der Waals surface area contributed by atoms with Crippen molar-refractivity contribution in [2.45, 2.75) is 18.7 Å². The van der Waals surface area contributed by atoms with Crippen LogP contribution >= 0.6 is 11.6 Å². The lowest BCUT2D eigenvalue weighted by molar-refractivity contribution is -0.120. The van der Waals surface area contributed by atoms with E-state index in [1.54, 1.807) is 12.1 Å². The highest BCUT2D eigenvalue weighted by Gasteiger charge is 2.23. The van der Waals surface area contributed by atoms with Gasteiger partial charge in [0.2, 0.25) is 5.91 Å². The smallest absolute Gasteiger partial charge is 0.242 e. The monoisotopic (exact) mass is 301 g/mol. The van der Waals surface area contributed by atoms with Crippen LogP contribution in [0.25, 0.3) is 0 Å². The third-order valence-electron chi connectivity index (χ3n) is 2.79. The molecule has 0 aliphatic rings. The number of benzene rings is 1. The van der Waals surface area contributed by atoms with Gasteiger partial charge in [0.25, 0.3) is 0 Å². The minimum Gasteiger partial charge on any atom is -0.496 e. The summed E-state index contributed by atoms with van der Waals surface area (Å²) >= 11 is 6.21. The first-order chi connectivity index (χ1) is 9.58. The number of carbonyl (C=O) groups is 1. The van der Waals surface area contributed by atoms with Crippen molar-refractivity contribution in [3.05, 3.63) is 17.7 Å². The Labute approximate surface area is 124 Å². The Morgan fingerprint density at radius 1 is 1.15 bits per heavy atom. The fourth-order valence-electron chi connectivity index (χ4n) is 1.73. The van der Waals surface area contributed by atoms with Gasteiger partial charge < -0.3 is 19.5 Å². The number of halogens is 1. The van der Waals surface area contributed by atoms with Crippen molar-refractivity contribution >= 4 is 17.5 Å². The molecule has 6 heteroatoms. The minimum absolute atomic E-state index is 0.265. The van der Waals surface area contributed by atoms with Crippen LogP contribution in [0.5, 0.6) is 17.2 Å². The Balaban J connectivity index is 3.11. The summed E-state index contributed by atoms with van der Waals surface area (Å²) in [4.78, 5) is 12.0. The molecule has 0 aliphatic heterocycles. The van der Waals surface area contributed by atoms with Crippen LogP contribution in [-0.2, 0) is 4.79 Å². The van der Waals surface area contributed by atoms with Gasteiger partial charge in [-0.3, -0.25) is 4.79 Å². The maximum atomic E-state index is 12.0. The highest BCUT2D eigenvalue weighted by atomic mass is 35.5. The molecule has 1 N–H and O–H groups in total. The van der Waals surface area contributed by atoms with Gasteiger partial charge in [0.15, 0.2) is 11.5 Å². The third-order valence-corrected chi connectivity index (χ3v) is 3.22. The zero-order valence-corrected chi connectivity index (χ0v) is 12.9. The first kappa shape index (κ1) is 16.4. The van der Waals surface area contributed by atoms with Crippen molar-refractivity contribution in [1.82, 2.24) is 5.32 Å². The second-order valence-electron chi connectivity index (χ2n) is 4.10. The van der Waals surface area contributed by atoms with E-state index in [9.17, 15) is 4.79 Å². The topological polar surface area (TPSA) is 56.8 Å². The van der Waals surface area contributed by atoms with E-state index in [1.807, 2.05) is 6.92 Å². The van der Waals surface area contributed by atoms with E-state index in [-0.39, 0.29) is 5.91 Å². The molecule has 1 rings (SSSR count). The Bertz CT molecular complexity index is 465. The maximum absolute atomic E-state index is 12.0. The van der Waals surface area contributed by atoms with E-state index in [0.717, 1.165) is 6.42 Å². The number of hydrogen-bond donors (Lipinski definition) is 1. The van der Waals surface area contributed by atoms with E-state index >= 15 is 0 Å². The molecule has 0 saturated carbocycles. The second-order valence-corrected chi connectivity index (χ2v) is 4.54. The van der Waals surface area contributed by atoms with Gasteiger partial charge in [0, 0.05) is 18.2 Å². The largest absolute Gasteiger partial charge is 0.496 e. The first-order valence-corrected chi connectivity index (χ1v) is 6.74. The predicted octanol–water partition coefficient (Wildman–Crippen LogP) is 2.52. The molecule has 0 aliphatic carbocycles. The quantitative estimate of drug-likeness (QED) is 0.786. The standard InChI is InChI=1S/C14H20ClNO4/c1-5-6-16-14(17)13(15)9-7-11(19-3)12(20-4)8-10(9)18-2/h7-8,13H,5-6H2,1-4H3,(H,16,17). The number of nitrogens with one attached hydrogen (secondary N) is 1. The van der Waals surface area contributed by atoms with Crippen molar-refractivity contribution in [1.29, 1.82) is 0 Å². The van der Waals surface area contributed by atoms with E-state index in [0.29, 0.717) is 29.4 Å². The Hall–Kier alpha value is -1.62. The molecular formula is C14H20ClNO4. The van der Waals surface area contributed by atoms with Gasteiger partial charge in [-0.15, -0.1) is 11.6 Å². The SMILES string of the molecule is CCCNC(=O)C(Cl)c1cc(OC)c(OC)cc1OC. The molecule has 1 atom stereocenters. The Morgan fingerprint density at radius 2 is 1.70 bits per heavy atom. The molecule has 1 unspecified atom stereocenters. The molecule has 1 aromatic rings. The van der Waals surface area contributed by atoms with E-state index in [2.05, 4.69) is 5.32 Å². The average molecular weight is 302 g/mol. The Morgan fingerprint density at radius 3 is 2.20 bits per heavy atom. The Kier molecular flexibility index (Phi) is 6.45. The van der Waals surface area contributed by atoms with Crippen LogP contribution in [0.4, 0.5) is 0 Å². The fraction of sp³-hybridized carbons (Fsp3) is 0.500. The fourth-order valence-corrected chi connectivity index (χ4v) is 1.98. The molecule has 20 heavy (non-hydrogen) atoms. The van der Waals surface area contributed by atoms with Crippen molar-refractivity contribution < 1.29 is 19.0 Å². The lowest BCUT2D eigenvalue weighted by atomic mass is 10.1. The highest BCUT2D eigenvalue weighted by Crippen LogP contribution is 2.39. The minimum atomic E-state index is -0.851. The normalized spacial score (nSPS) is 11.7. The molecule has 1 amide bonds. The van der Waals surface area contributed by atoms with Crippen molar-refractivity contribution in [2.75, 3.05) is 27.9 Å². The number of hydrogen-bond acceptors (Lipinski definition) is 4. The van der Waals surface area contributed by atoms with Gasteiger partial charge in [-0.25, -0.2) is 0 Å². The lowest BCUT2D eigenvalue weighted by Crippen LogP contribution is -2.27. The van der Waals surface area contributed by atoms with Gasteiger partial charge >= 0.3 is 0 Å².